The Morgan fingerprint density at radius 1 is 1.19 bits per heavy atom. The van der Waals surface area contributed by atoms with E-state index in [1.165, 1.54) is 25.2 Å². The van der Waals surface area contributed by atoms with Crippen LogP contribution in [0.5, 0.6) is 0 Å². The standard InChI is InChI=1S/C18H37N3/c1-14(2)11-20(12-15(3)4)17(7)18-13-19(8)9-10-21(18)16(5)6/h15-18H,1,9-13H2,2-8H3. The second-order valence-electron chi connectivity index (χ2n) is 7.68. The smallest absolute Gasteiger partial charge is 0.0379 e. The molecule has 1 rings (SSSR count). The Balaban J connectivity index is 2.86. The molecular weight excluding hydrogens is 258 g/mol. The maximum atomic E-state index is 4.13. The van der Waals surface area contributed by atoms with Gasteiger partial charge < -0.3 is 4.90 Å². The summed E-state index contributed by atoms with van der Waals surface area (Å²) in [5.74, 6) is 0.695. The van der Waals surface area contributed by atoms with Crippen molar-refractivity contribution in [1.29, 1.82) is 0 Å². The Morgan fingerprint density at radius 2 is 1.81 bits per heavy atom. The summed E-state index contributed by atoms with van der Waals surface area (Å²) in [6.45, 7) is 23.7. The summed E-state index contributed by atoms with van der Waals surface area (Å²) < 4.78 is 0. The van der Waals surface area contributed by atoms with Crippen molar-refractivity contribution in [2.75, 3.05) is 39.8 Å². The largest absolute Gasteiger partial charge is 0.303 e. The molecule has 0 saturated carbocycles. The number of hydrogen-bond acceptors (Lipinski definition) is 3. The van der Waals surface area contributed by atoms with E-state index in [0.717, 1.165) is 13.1 Å². The quantitative estimate of drug-likeness (QED) is 0.669. The van der Waals surface area contributed by atoms with E-state index >= 15 is 0 Å². The number of nitrogens with zero attached hydrogens (tertiary/aromatic N) is 3. The SMILES string of the molecule is C=C(C)CN(CC(C)C)C(C)C1CN(C)CCN1C(C)C. The highest BCUT2D eigenvalue weighted by atomic mass is 15.3. The van der Waals surface area contributed by atoms with Crippen LogP contribution in [0.3, 0.4) is 0 Å². The Morgan fingerprint density at radius 3 is 2.29 bits per heavy atom. The maximum Gasteiger partial charge on any atom is 0.0379 e. The van der Waals surface area contributed by atoms with E-state index in [1.54, 1.807) is 0 Å². The molecule has 1 aliphatic heterocycles. The molecule has 1 saturated heterocycles. The third kappa shape index (κ3) is 5.72. The Hall–Kier alpha value is -0.380. The molecule has 2 unspecified atom stereocenters. The predicted molar refractivity (Wildman–Crippen MR) is 93.8 cm³/mol. The summed E-state index contributed by atoms with van der Waals surface area (Å²) in [7, 11) is 2.25. The lowest BCUT2D eigenvalue weighted by molar-refractivity contribution is 0.0104. The van der Waals surface area contributed by atoms with Gasteiger partial charge in [0.15, 0.2) is 0 Å². The van der Waals surface area contributed by atoms with Gasteiger partial charge in [0.2, 0.25) is 0 Å². The summed E-state index contributed by atoms with van der Waals surface area (Å²) >= 11 is 0. The van der Waals surface area contributed by atoms with Crippen LogP contribution in [0.25, 0.3) is 0 Å². The van der Waals surface area contributed by atoms with Crippen molar-refractivity contribution in [2.24, 2.45) is 5.92 Å². The third-order valence-electron chi connectivity index (χ3n) is 4.53. The fourth-order valence-corrected chi connectivity index (χ4v) is 3.47. The minimum Gasteiger partial charge on any atom is -0.303 e. The molecule has 0 amide bonds. The molecule has 3 heteroatoms. The molecule has 21 heavy (non-hydrogen) atoms. The average Bonchev–Trinajstić information content (AvgIpc) is 2.35. The summed E-state index contributed by atoms with van der Waals surface area (Å²) in [4.78, 5) is 7.80. The molecule has 0 bridgehead atoms. The van der Waals surface area contributed by atoms with Gasteiger partial charge in [-0.3, -0.25) is 9.80 Å². The molecular formula is C18H37N3. The highest BCUT2D eigenvalue weighted by molar-refractivity contribution is 4.97. The summed E-state index contributed by atoms with van der Waals surface area (Å²) in [6.07, 6.45) is 0. The third-order valence-corrected chi connectivity index (χ3v) is 4.53. The summed E-state index contributed by atoms with van der Waals surface area (Å²) in [6, 6.07) is 1.80. The molecule has 0 aromatic carbocycles. The first-order valence-corrected chi connectivity index (χ1v) is 8.55. The Labute approximate surface area is 133 Å². The minimum absolute atomic E-state index is 0.564. The van der Waals surface area contributed by atoms with Crippen molar-refractivity contribution in [3.8, 4) is 0 Å². The first-order chi connectivity index (χ1) is 9.72. The first-order valence-electron chi connectivity index (χ1n) is 8.55. The zero-order chi connectivity index (χ0) is 16.2. The zero-order valence-corrected chi connectivity index (χ0v) is 15.4. The second-order valence-corrected chi connectivity index (χ2v) is 7.68. The molecule has 1 fully saturated rings. The molecule has 0 aromatic heterocycles. The minimum atomic E-state index is 0.564. The van der Waals surface area contributed by atoms with Gasteiger partial charge >= 0.3 is 0 Å². The molecule has 0 radical (unpaired) electrons. The van der Waals surface area contributed by atoms with E-state index in [2.05, 4.69) is 69.9 Å². The van der Waals surface area contributed by atoms with Crippen LogP contribution >= 0.6 is 0 Å². The van der Waals surface area contributed by atoms with Crippen molar-refractivity contribution in [1.82, 2.24) is 14.7 Å². The van der Waals surface area contributed by atoms with Crippen LogP contribution < -0.4 is 0 Å². The van der Waals surface area contributed by atoms with E-state index in [1.807, 2.05) is 0 Å². The fourth-order valence-electron chi connectivity index (χ4n) is 3.47. The lowest BCUT2D eigenvalue weighted by atomic mass is 9.99. The van der Waals surface area contributed by atoms with E-state index in [0.29, 0.717) is 24.0 Å². The van der Waals surface area contributed by atoms with Gasteiger partial charge in [0.1, 0.15) is 0 Å². The summed E-state index contributed by atoms with van der Waals surface area (Å²) in [5.41, 5.74) is 1.27. The molecule has 1 heterocycles. The fraction of sp³-hybridized carbons (Fsp3) is 0.889. The average molecular weight is 296 g/mol. The van der Waals surface area contributed by atoms with Gasteiger partial charge in [-0.25, -0.2) is 0 Å². The van der Waals surface area contributed by atoms with Gasteiger partial charge in [0, 0.05) is 50.8 Å². The van der Waals surface area contributed by atoms with Crippen molar-refractivity contribution in [3.63, 3.8) is 0 Å². The number of likely N-dealkylation sites (N-methyl/N-ethyl adjacent to an activating group) is 1. The van der Waals surface area contributed by atoms with Crippen LogP contribution in [-0.2, 0) is 0 Å². The van der Waals surface area contributed by atoms with E-state index in [4.69, 9.17) is 0 Å². The zero-order valence-electron chi connectivity index (χ0n) is 15.4. The van der Waals surface area contributed by atoms with Crippen molar-refractivity contribution in [2.45, 2.75) is 59.7 Å². The molecule has 0 aliphatic carbocycles. The van der Waals surface area contributed by atoms with Crippen LogP contribution in [-0.4, -0.2) is 72.6 Å². The highest BCUT2D eigenvalue weighted by Gasteiger charge is 2.33. The lowest BCUT2D eigenvalue weighted by Gasteiger charge is -2.48. The van der Waals surface area contributed by atoms with Gasteiger partial charge in [-0.1, -0.05) is 26.0 Å². The van der Waals surface area contributed by atoms with Crippen LogP contribution in [0.2, 0.25) is 0 Å². The Bertz CT molecular complexity index is 324. The first kappa shape index (κ1) is 18.7. The van der Waals surface area contributed by atoms with Crippen LogP contribution in [0.15, 0.2) is 12.2 Å². The predicted octanol–water partition coefficient (Wildman–Crippen LogP) is 2.93. The summed E-state index contributed by atoms with van der Waals surface area (Å²) in [5, 5.41) is 0. The molecule has 0 spiro atoms. The van der Waals surface area contributed by atoms with Crippen molar-refractivity contribution in [3.05, 3.63) is 12.2 Å². The van der Waals surface area contributed by atoms with Crippen molar-refractivity contribution < 1.29 is 0 Å². The van der Waals surface area contributed by atoms with Gasteiger partial charge in [-0.2, -0.15) is 0 Å². The topological polar surface area (TPSA) is 9.72 Å². The monoisotopic (exact) mass is 295 g/mol. The molecule has 0 N–H and O–H groups in total. The normalized spacial score (nSPS) is 23.2. The lowest BCUT2D eigenvalue weighted by Crippen LogP contribution is -2.61. The number of hydrogen-bond donors (Lipinski definition) is 0. The van der Waals surface area contributed by atoms with E-state index < -0.39 is 0 Å². The maximum absolute atomic E-state index is 4.13. The van der Waals surface area contributed by atoms with Crippen LogP contribution in [0, 0.1) is 5.92 Å². The molecule has 2 atom stereocenters. The highest BCUT2D eigenvalue weighted by Crippen LogP contribution is 2.20. The van der Waals surface area contributed by atoms with Crippen LogP contribution in [0.1, 0.15) is 41.5 Å². The van der Waals surface area contributed by atoms with Gasteiger partial charge in [-0.15, -0.1) is 0 Å². The van der Waals surface area contributed by atoms with Crippen molar-refractivity contribution >= 4 is 0 Å². The number of piperazine rings is 1. The van der Waals surface area contributed by atoms with Gasteiger partial charge in [0.25, 0.3) is 0 Å². The Kier molecular flexibility index (Phi) is 7.38. The number of rotatable bonds is 7. The molecule has 124 valence electrons. The molecule has 1 aliphatic rings. The second kappa shape index (κ2) is 8.30. The van der Waals surface area contributed by atoms with E-state index in [-0.39, 0.29) is 0 Å². The molecule has 3 nitrogen and oxygen atoms in total. The van der Waals surface area contributed by atoms with Gasteiger partial charge in [0.05, 0.1) is 0 Å². The van der Waals surface area contributed by atoms with Gasteiger partial charge in [-0.05, 0) is 40.7 Å². The van der Waals surface area contributed by atoms with Crippen LogP contribution in [0.4, 0.5) is 0 Å². The molecule has 0 aromatic rings. The van der Waals surface area contributed by atoms with E-state index in [9.17, 15) is 0 Å².